The Kier molecular flexibility index (Phi) is 8.38. The number of benzene rings is 1. The predicted octanol–water partition coefficient (Wildman–Crippen LogP) is 2.86. The number of amides is 1. The summed E-state index contributed by atoms with van der Waals surface area (Å²) in [5, 5.41) is 3.41. The molecule has 1 saturated heterocycles. The van der Waals surface area contributed by atoms with Crippen molar-refractivity contribution in [3.63, 3.8) is 0 Å². The maximum Gasteiger partial charge on any atom is 0.305 e. The van der Waals surface area contributed by atoms with Crippen LogP contribution in [0.2, 0.25) is 5.02 Å². The Bertz CT molecular complexity index is 690. The second-order valence-electron chi connectivity index (χ2n) is 7.18. The van der Waals surface area contributed by atoms with Crippen LogP contribution in [0.25, 0.3) is 0 Å². The lowest BCUT2D eigenvalue weighted by molar-refractivity contribution is -0.140. The molecule has 1 amide bonds. The maximum absolute atomic E-state index is 12.7. The van der Waals surface area contributed by atoms with Crippen molar-refractivity contribution in [1.29, 1.82) is 0 Å². The van der Waals surface area contributed by atoms with Gasteiger partial charge in [0.25, 0.3) is 5.91 Å². The molecule has 3 N–H and O–H groups in total. The minimum absolute atomic E-state index is 0.104. The van der Waals surface area contributed by atoms with Gasteiger partial charge >= 0.3 is 5.97 Å². The molecular weight excluding hydrogens is 382 g/mol. The lowest BCUT2D eigenvalue weighted by Crippen LogP contribution is -2.47. The highest BCUT2D eigenvalue weighted by atomic mass is 35.5. The summed E-state index contributed by atoms with van der Waals surface area (Å²) in [6, 6.07) is 3.61. The van der Waals surface area contributed by atoms with Crippen LogP contribution in [0, 0.1) is 0 Å². The number of likely N-dealkylation sites (tertiary alicyclic amines) is 1. The molecule has 1 heterocycles. The summed E-state index contributed by atoms with van der Waals surface area (Å²) in [7, 11) is 2.91. The van der Waals surface area contributed by atoms with Crippen molar-refractivity contribution in [2.45, 2.75) is 51.1 Å². The number of methoxy groups -OCH3 is 2. The number of anilines is 1. The highest BCUT2D eigenvalue weighted by Gasteiger charge is 2.25. The minimum Gasteiger partial charge on any atom is -0.496 e. The van der Waals surface area contributed by atoms with Crippen LogP contribution in [0.5, 0.6) is 5.75 Å². The molecule has 0 spiro atoms. The summed E-state index contributed by atoms with van der Waals surface area (Å²) in [5.41, 5.74) is 6.55. The average molecular weight is 412 g/mol. The first-order valence-electron chi connectivity index (χ1n) is 9.60. The van der Waals surface area contributed by atoms with Crippen LogP contribution in [-0.2, 0) is 9.53 Å². The first-order chi connectivity index (χ1) is 13.3. The zero-order valence-corrected chi connectivity index (χ0v) is 17.6. The van der Waals surface area contributed by atoms with Gasteiger partial charge in [-0.05, 0) is 38.7 Å². The van der Waals surface area contributed by atoms with Gasteiger partial charge in [0.15, 0.2) is 0 Å². The van der Waals surface area contributed by atoms with E-state index in [0.717, 1.165) is 38.8 Å². The number of nitrogens with zero attached hydrogens (tertiary/aromatic N) is 1. The third-order valence-electron chi connectivity index (χ3n) is 5.28. The Hall–Kier alpha value is -1.99. The number of esters is 1. The van der Waals surface area contributed by atoms with E-state index in [4.69, 9.17) is 22.1 Å². The van der Waals surface area contributed by atoms with Gasteiger partial charge in [0, 0.05) is 37.7 Å². The second kappa shape index (κ2) is 10.5. The number of hydrogen-bond donors (Lipinski definition) is 2. The molecule has 7 nitrogen and oxygen atoms in total. The van der Waals surface area contributed by atoms with E-state index in [2.05, 4.69) is 21.9 Å². The Morgan fingerprint density at radius 2 is 2.00 bits per heavy atom. The third-order valence-corrected chi connectivity index (χ3v) is 5.61. The molecule has 1 aliphatic rings. The van der Waals surface area contributed by atoms with Gasteiger partial charge in [0.1, 0.15) is 5.75 Å². The van der Waals surface area contributed by atoms with Gasteiger partial charge in [-0.2, -0.15) is 0 Å². The van der Waals surface area contributed by atoms with Gasteiger partial charge in [-0.1, -0.05) is 11.6 Å². The second-order valence-corrected chi connectivity index (χ2v) is 7.58. The van der Waals surface area contributed by atoms with Gasteiger partial charge < -0.3 is 25.4 Å². The van der Waals surface area contributed by atoms with Crippen LogP contribution in [0.15, 0.2) is 12.1 Å². The van der Waals surface area contributed by atoms with Gasteiger partial charge in [-0.15, -0.1) is 0 Å². The monoisotopic (exact) mass is 411 g/mol. The molecule has 0 aromatic heterocycles. The quantitative estimate of drug-likeness (QED) is 0.504. The van der Waals surface area contributed by atoms with Gasteiger partial charge in [0.05, 0.1) is 30.5 Å². The number of nitrogens with two attached hydrogens (primary N) is 1. The molecule has 1 fully saturated rings. The van der Waals surface area contributed by atoms with Crippen LogP contribution >= 0.6 is 11.6 Å². The van der Waals surface area contributed by atoms with Gasteiger partial charge in [0.2, 0.25) is 0 Å². The third kappa shape index (κ3) is 6.01. The van der Waals surface area contributed by atoms with Gasteiger partial charge in [-0.3, -0.25) is 9.59 Å². The smallest absolute Gasteiger partial charge is 0.305 e. The summed E-state index contributed by atoms with van der Waals surface area (Å²) < 4.78 is 9.94. The standard InChI is InChI=1S/C20H30ClN3O4/c1-13(5-4-6-19(25)28-3)24-9-7-14(8-10-24)23-20(26)15-11-16(21)17(22)12-18(15)27-2/h11-14H,4-10,22H2,1-3H3,(H,23,26). The van der Waals surface area contributed by atoms with Crippen LogP contribution in [0.4, 0.5) is 5.69 Å². The Morgan fingerprint density at radius 3 is 2.61 bits per heavy atom. The summed E-state index contributed by atoms with van der Waals surface area (Å²) in [4.78, 5) is 26.3. The van der Waals surface area contributed by atoms with Crippen LogP contribution < -0.4 is 15.8 Å². The van der Waals surface area contributed by atoms with Crippen LogP contribution in [-0.4, -0.2) is 56.2 Å². The molecule has 0 radical (unpaired) electrons. The number of piperidine rings is 1. The van der Waals surface area contributed by atoms with Crippen LogP contribution in [0.3, 0.4) is 0 Å². The van der Waals surface area contributed by atoms with E-state index in [1.165, 1.54) is 14.2 Å². The molecule has 1 unspecified atom stereocenters. The number of rotatable bonds is 8. The number of nitrogens with one attached hydrogen (secondary N) is 1. The van der Waals surface area contributed by atoms with E-state index in [0.29, 0.717) is 34.5 Å². The number of ether oxygens (including phenoxy) is 2. The van der Waals surface area contributed by atoms with E-state index in [1.54, 1.807) is 12.1 Å². The van der Waals surface area contributed by atoms with Crippen molar-refractivity contribution in [2.75, 3.05) is 33.0 Å². The largest absolute Gasteiger partial charge is 0.496 e. The molecule has 0 saturated carbocycles. The van der Waals surface area contributed by atoms with E-state index >= 15 is 0 Å². The first kappa shape index (κ1) is 22.3. The van der Waals surface area contributed by atoms with E-state index in [-0.39, 0.29) is 17.9 Å². The maximum atomic E-state index is 12.7. The fraction of sp³-hybridized carbons (Fsp3) is 0.600. The lowest BCUT2D eigenvalue weighted by Gasteiger charge is -2.36. The first-order valence-corrected chi connectivity index (χ1v) is 9.98. The molecule has 0 bridgehead atoms. The predicted molar refractivity (Wildman–Crippen MR) is 110 cm³/mol. The summed E-state index contributed by atoms with van der Waals surface area (Å²) >= 11 is 6.06. The minimum atomic E-state index is -0.205. The molecule has 156 valence electrons. The zero-order valence-electron chi connectivity index (χ0n) is 16.8. The molecule has 2 rings (SSSR count). The number of halogens is 1. The Balaban J connectivity index is 1.83. The summed E-state index contributed by atoms with van der Waals surface area (Å²) in [5.74, 6) is 0.0474. The molecule has 28 heavy (non-hydrogen) atoms. The fourth-order valence-electron chi connectivity index (χ4n) is 3.49. The Morgan fingerprint density at radius 1 is 1.32 bits per heavy atom. The molecule has 1 aliphatic heterocycles. The van der Waals surface area contributed by atoms with Crippen LogP contribution in [0.1, 0.15) is 49.4 Å². The average Bonchev–Trinajstić information content (AvgIpc) is 2.69. The van der Waals surface area contributed by atoms with Crippen molar-refractivity contribution in [3.8, 4) is 5.75 Å². The van der Waals surface area contributed by atoms with Crippen molar-refractivity contribution >= 4 is 29.2 Å². The number of hydrogen-bond acceptors (Lipinski definition) is 6. The molecule has 1 aromatic carbocycles. The molecular formula is C20H30ClN3O4. The Labute approximate surface area is 171 Å². The highest BCUT2D eigenvalue weighted by Crippen LogP contribution is 2.29. The normalized spacial score (nSPS) is 16.4. The molecule has 0 aliphatic carbocycles. The molecule has 1 atom stereocenters. The van der Waals surface area contributed by atoms with E-state index in [1.807, 2.05) is 0 Å². The number of carbonyl (C=O) groups is 2. The van der Waals surface area contributed by atoms with Crippen molar-refractivity contribution < 1.29 is 19.1 Å². The SMILES string of the molecule is COC(=O)CCCC(C)N1CCC(NC(=O)c2cc(Cl)c(N)cc2OC)CC1. The van der Waals surface area contributed by atoms with Crippen molar-refractivity contribution in [2.24, 2.45) is 0 Å². The fourth-order valence-corrected chi connectivity index (χ4v) is 3.65. The van der Waals surface area contributed by atoms with Crippen molar-refractivity contribution in [1.82, 2.24) is 10.2 Å². The van der Waals surface area contributed by atoms with E-state index < -0.39 is 0 Å². The lowest BCUT2D eigenvalue weighted by atomic mass is 10.0. The summed E-state index contributed by atoms with van der Waals surface area (Å²) in [6.07, 6.45) is 3.98. The van der Waals surface area contributed by atoms with E-state index in [9.17, 15) is 9.59 Å². The molecule has 1 aromatic rings. The van der Waals surface area contributed by atoms with Crippen molar-refractivity contribution in [3.05, 3.63) is 22.7 Å². The number of nitrogen functional groups attached to an aromatic ring is 1. The summed E-state index contributed by atoms with van der Waals surface area (Å²) in [6.45, 7) is 3.99. The number of carbonyl (C=O) groups excluding carboxylic acids is 2. The topological polar surface area (TPSA) is 93.9 Å². The van der Waals surface area contributed by atoms with Gasteiger partial charge in [-0.25, -0.2) is 0 Å². The zero-order chi connectivity index (χ0) is 20.7. The molecule has 8 heteroatoms. The highest BCUT2D eigenvalue weighted by molar-refractivity contribution is 6.33.